The Balaban J connectivity index is 1.77. The second kappa shape index (κ2) is 8.64. The maximum atomic E-state index is 12.9. The van der Waals surface area contributed by atoms with Crippen LogP contribution in [0.15, 0.2) is 72.1 Å². The summed E-state index contributed by atoms with van der Waals surface area (Å²) in [7, 11) is 0. The molecular weight excluding hydrogens is 400 g/mol. The highest BCUT2D eigenvalue weighted by atomic mass is 16.7. The number of hydrogen-bond donors (Lipinski definition) is 1. The van der Waals surface area contributed by atoms with Crippen LogP contribution >= 0.6 is 0 Å². The molecule has 1 aromatic heterocycles. The van der Waals surface area contributed by atoms with Crippen molar-refractivity contribution < 1.29 is 9.63 Å². The van der Waals surface area contributed by atoms with Crippen molar-refractivity contribution in [2.75, 3.05) is 0 Å². The molecule has 0 fully saturated rings. The third kappa shape index (κ3) is 4.23. The number of pyridine rings is 1. The molecule has 6 heteroatoms. The number of nitrogens with one attached hydrogen (secondary N) is 1. The van der Waals surface area contributed by atoms with Crippen molar-refractivity contribution in [2.24, 2.45) is 5.16 Å². The van der Waals surface area contributed by atoms with Crippen LogP contribution in [0.25, 0.3) is 11.1 Å². The first-order valence-corrected chi connectivity index (χ1v) is 10.5. The van der Waals surface area contributed by atoms with Gasteiger partial charge >= 0.3 is 0 Å². The third-order valence-corrected chi connectivity index (χ3v) is 5.46. The van der Waals surface area contributed by atoms with Crippen molar-refractivity contribution >= 4 is 11.6 Å². The first kappa shape index (κ1) is 21.3. The fraction of sp³-hybridized carbons (Fsp3) is 0.231. The zero-order valence-electron chi connectivity index (χ0n) is 18.3. The van der Waals surface area contributed by atoms with E-state index in [1.165, 1.54) is 0 Å². The molecule has 160 valence electrons. The Bertz CT molecular complexity index is 1230. The Morgan fingerprint density at radius 3 is 2.56 bits per heavy atom. The van der Waals surface area contributed by atoms with E-state index in [1.54, 1.807) is 18.5 Å². The Kier molecular flexibility index (Phi) is 5.74. The lowest BCUT2D eigenvalue weighted by molar-refractivity contribution is -0.00744. The van der Waals surface area contributed by atoms with E-state index in [1.807, 2.05) is 69.3 Å². The minimum Gasteiger partial charge on any atom is -0.384 e. The summed E-state index contributed by atoms with van der Waals surface area (Å²) < 4.78 is 0. The first-order valence-electron chi connectivity index (χ1n) is 10.5. The van der Waals surface area contributed by atoms with E-state index in [-0.39, 0.29) is 11.9 Å². The Hall–Kier alpha value is -3.98. The molecule has 1 aliphatic rings. The van der Waals surface area contributed by atoms with Gasteiger partial charge in [0.25, 0.3) is 5.91 Å². The van der Waals surface area contributed by atoms with Crippen LogP contribution in [0.4, 0.5) is 0 Å². The van der Waals surface area contributed by atoms with Crippen molar-refractivity contribution in [2.45, 2.75) is 38.8 Å². The van der Waals surface area contributed by atoms with Gasteiger partial charge in [0.1, 0.15) is 0 Å². The number of hydrogen-bond acceptors (Lipinski definition) is 5. The molecule has 0 radical (unpaired) electrons. The highest BCUT2D eigenvalue weighted by Crippen LogP contribution is 2.37. The number of nitrogens with zero attached hydrogens (tertiary/aromatic N) is 3. The second-order valence-corrected chi connectivity index (χ2v) is 8.36. The summed E-state index contributed by atoms with van der Waals surface area (Å²) in [5, 5.41) is 16.9. The van der Waals surface area contributed by atoms with Gasteiger partial charge in [0.05, 0.1) is 17.3 Å². The van der Waals surface area contributed by atoms with Gasteiger partial charge in [0.15, 0.2) is 5.60 Å². The third-order valence-electron chi connectivity index (χ3n) is 5.46. The predicted octanol–water partition coefficient (Wildman–Crippen LogP) is 4.80. The fourth-order valence-electron chi connectivity index (χ4n) is 3.81. The van der Waals surface area contributed by atoms with Crippen molar-refractivity contribution in [3.8, 4) is 17.2 Å². The van der Waals surface area contributed by atoms with Crippen molar-refractivity contribution in [1.82, 2.24) is 10.3 Å². The van der Waals surface area contributed by atoms with Crippen LogP contribution in [0.1, 0.15) is 54.2 Å². The van der Waals surface area contributed by atoms with Gasteiger partial charge in [-0.2, -0.15) is 5.26 Å². The van der Waals surface area contributed by atoms with Gasteiger partial charge in [-0.15, -0.1) is 0 Å². The monoisotopic (exact) mass is 424 g/mol. The minimum atomic E-state index is -0.612. The summed E-state index contributed by atoms with van der Waals surface area (Å²) in [6.07, 6.45) is 4.01. The number of nitriles is 1. The molecular formula is C26H24N4O2. The summed E-state index contributed by atoms with van der Waals surface area (Å²) in [5.74, 6) is -0.172. The molecule has 1 amide bonds. The number of benzene rings is 2. The quantitative estimate of drug-likeness (QED) is 0.637. The van der Waals surface area contributed by atoms with Crippen LogP contribution in [-0.2, 0) is 10.4 Å². The van der Waals surface area contributed by atoms with Crippen LogP contribution in [0.5, 0.6) is 0 Å². The molecule has 2 heterocycles. The smallest absolute Gasteiger partial charge is 0.251 e. The van der Waals surface area contributed by atoms with Gasteiger partial charge in [-0.1, -0.05) is 23.4 Å². The van der Waals surface area contributed by atoms with E-state index in [9.17, 15) is 10.1 Å². The maximum Gasteiger partial charge on any atom is 0.251 e. The first-order chi connectivity index (χ1) is 15.4. The molecule has 1 aliphatic heterocycles. The molecule has 6 nitrogen and oxygen atoms in total. The fourth-order valence-corrected chi connectivity index (χ4v) is 3.81. The van der Waals surface area contributed by atoms with Gasteiger partial charge in [0.2, 0.25) is 0 Å². The minimum absolute atomic E-state index is 0.00290. The van der Waals surface area contributed by atoms with Crippen molar-refractivity contribution in [3.63, 3.8) is 0 Å². The van der Waals surface area contributed by atoms with Crippen molar-refractivity contribution in [1.29, 1.82) is 5.26 Å². The van der Waals surface area contributed by atoms with E-state index in [2.05, 4.69) is 21.5 Å². The summed E-state index contributed by atoms with van der Waals surface area (Å²) >= 11 is 0. The van der Waals surface area contributed by atoms with E-state index in [0.717, 1.165) is 28.0 Å². The molecule has 1 unspecified atom stereocenters. The van der Waals surface area contributed by atoms with Gasteiger partial charge in [-0.05, 0) is 68.3 Å². The number of carbonyl (C=O) groups excluding carboxylic acids is 1. The van der Waals surface area contributed by atoms with Gasteiger partial charge in [-0.25, -0.2) is 0 Å². The average Bonchev–Trinajstić information content (AvgIpc) is 3.22. The average molecular weight is 425 g/mol. The highest BCUT2D eigenvalue weighted by molar-refractivity contribution is 6.05. The maximum absolute atomic E-state index is 12.9. The topological polar surface area (TPSA) is 87.4 Å². The van der Waals surface area contributed by atoms with Crippen LogP contribution in [-0.4, -0.2) is 22.6 Å². The number of amides is 1. The standard InChI is InChI=1S/C26H24N4O2/c1-17(2)29-25(31)21-13-19(23-7-5-4-6-18(23)16-27)12-20(14-21)24-15-26(3,32-30-24)22-8-10-28-11-9-22/h4-14,17H,15H2,1-3H3,(H,29,31). The lowest BCUT2D eigenvalue weighted by Gasteiger charge is -2.21. The van der Waals surface area contributed by atoms with Gasteiger partial charge in [0, 0.05) is 41.5 Å². The Labute approximate surface area is 187 Å². The normalized spacial score (nSPS) is 17.4. The van der Waals surface area contributed by atoms with Gasteiger partial charge < -0.3 is 10.2 Å². The zero-order valence-corrected chi connectivity index (χ0v) is 18.3. The van der Waals surface area contributed by atoms with E-state index >= 15 is 0 Å². The van der Waals surface area contributed by atoms with Crippen LogP contribution in [0.2, 0.25) is 0 Å². The molecule has 0 aliphatic carbocycles. The predicted molar refractivity (Wildman–Crippen MR) is 123 cm³/mol. The Morgan fingerprint density at radius 1 is 1.12 bits per heavy atom. The largest absolute Gasteiger partial charge is 0.384 e. The molecule has 2 aromatic carbocycles. The molecule has 4 rings (SSSR count). The number of oxime groups is 1. The molecule has 0 saturated carbocycles. The summed E-state index contributed by atoms with van der Waals surface area (Å²) in [4.78, 5) is 22.8. The van der Waals surface area contributed by atoms with Crippen LogP contribution < -0.4 is 5.32 Å². The SMILES string of the molecule is CC(C)NC(=O)c1cc(C2=NOC(C)(c3ccncc3)C2)cc(-c2ccccc2C#N)c1. The van der Waals surface area contributed by atoms with Crippen LogP contribution in [0.3, 0.4) is 0 Å². The van der Waals surface area contributed by atoms with Gasteiger partial charge in [-0.3, -0.25) is 9.78 Å². The van der Waals surface area contributed by atoms with E-state index in [0.29, 0.717) is 17.5 Å². The molecule has 0 bridgehead atoms. The molecule has 3 aromatic rings. The lowest BCUT2D eigenvalue weighted by atomic mass is 9.88. The summed E-state index contributed by atoms with van der Waals surface area (Å²) in [6, 6.07) is 19.0. The molecule has 0 spiro atoms. The Morgan fingerprint density at radius 2 is 1.84 bits per heavy atom. The summed E-state index contributed by atoms with van der Waals surface area (Å²) in [5.41, 5.74) is 4.53. The zero-order chi connectivity index (χ0) is 22.7. The van der Waals surface area contributed by atoms with Crippen molar-refractivity contribution in [3.05, 3.63) is 89.2 Å². The lowest BCUT2D eigenvalue weighted by Crippen LogP contribution is -2.30. The number of aromatic nitrogens is 1. The number of rotatable bonds is 5. The highest BCUT2D eigenvalue weighted by Gasteiger charge is 2.37. The summed E-state index contributed by atoms with van der Waals surface area (Å²) in [6.45, 7) is 5.82. The molecule has 32 heavy (non-hydrogen) atoms. The molecule has 0 saturated heterocycles. The molecule has 1 atom stereocenters. The van der Waals surface area contributed by atoms with E-state index < -0.39 is 5.60 Å². The number of carbonyl (C=O) groups is 1. The second-order valence-electron chi connectivity index (χ2n) is 8.36. The van der Waals surface area contributed by atoms with E-state index in [4.69, 9.17) is 4.84 Å². The van der Waals surface area contributed by atoms with Crippen LogP contribution in [0, 0.1) is 11.3 Å². The molecule has 1 N–H and O–H groups in total.